The van der Waals surface area contributed by atoms with E-state index in [9.17, 15) is 10.1 Å². The van der Waals surface area contributed by atoms with Crippen molar-refractivity contribution >= 4 is 45.2 Å². The zero-order valence-electron chi connectivity index (χ0n) is 13.1. The van der Waals surface area contributed by atoms with E-state index in [4.69, 9.17) is 16.3 Å². The van der Waals surface area contributed by atoms with Crippen molar-refractivity contribution in [1.29, 1.82) is 5.26 Å². The normalized spacial score (nSPS) is 10.7. The number of nitriles is 1. The van der Waals surface area contributed by atoms with Gasteiger partial charge in [0.25, 0.3) is 5.91 Å². The first-order chi connectivity index (χ1) is 12.0. The lowest BCUT2D eigenvalue weighted by Gasteiger charge is -2.09. The molecule has 0 saturated carbocycles. The Morgan fingerprint density at radius 2 is 2.12 bits per heavy atom. The number of hydrogen-bond donors (Lipinski definition) is 1. The van der Waals surface area contributed by atoms with Crippen molar-refractivity contribution in [3.05, 3.63) is 75.8 Å². The van der Waals surface area contributed by atoms with Crippen molar-refractivity contribution in [3.8, 4) is 11.8 Å². The lowest BCUT2D eigenvalue weighted by Crippen LogP contribution is -2.13. The van der Waals surface area contributed by atoms with Crippen molar-refractivity contribution in [1.82, 2.24) is 0 Å². The molecular formula is C19H14BrClN2O2. The molecule has 2 aromatic rings. The van der Waals surface area contributed by atoms with Crippen LogP contribution in [0.1, 0.15) is 5.56 Å². The average Bonchev–Trinajstić information content (AvgIpc) is 2.60. The van der Waals surface area contributed by atoms with Gasteiger partial charge < -0.3 is 10.1 Å². The monoisotopic (exact) mass is 416 g/mol. The Bertz CT molecular complexity index is 872. The van der Waals surface area contributed by atoms with E-state index in [-0.39, 0.29) is 5.57 Å². The predicted octanol–water partition coefficient (Wildman–Crippen LogP) is 5.21. The summed E-state index contributed by atoms with van der Waals surface area (Å²) in [5, 5.41) is 12.4. The number of amides is 1. The predicted molar refractivity (Wildman–Crippen MR) is 104 cm³/mol. The SMILES string of the molecule is C=CCOc1ccc(Br)cc1/C=C(\C#N)C(=O)Nc1ccccc1Cl. The van der Waals surface area contributed by atoms with E-state index in [1.807, 2.05) is 12.1 Å². The number of anilines is 1. The minimum absolute atomic E-state index is 0.0681. The molecule has 0 aliphatic carbocycles. The van der Waals surface area contributed by atoms with Crippen LogP contribution < -0.4 is 10.1 Å². The van der Waals surface area contributed by atoms with Crippen LogP contribution in [-0.2, 0) is 4.79 Å². The molecular weight excluding hydrogens is 404 g/mol. The summed E-state index contributed by atoms with van der Waals surface area (Å²) >= 11 is 9.40. The Balaban J connectivity index is 2.32. The fourth-order valence-corrected chi connectivity index (χ4v) is 2.53. The van der Waals surface area contributed by atoms with Crippen LogP contribution in [-0.4, -0.2) is 12.5 Å². The minimum atomic E-state index is -0.551. The molecule has 0 aliphatic rings. The van der Waals surface area contributed by atoms with Gasteiger partial charge >= 0.3 is 0 Å². The Hall–Kier alpha value is -2.55. The third-order valence-electron chi connectivity index (χ3n) is 3.12. The maximum absolute atomic E-state index is 12.4. The molecule has 0 heterocycles. The molecule has 0 unspecified atom stereocenters. The van der Waals surface area contributed by atoms with Gasteiger partial charge in [-0.25, -0.2) is 0 Å². The summed E-state index contributed by atoms with van der Waals surface area (Å²) in [6, 6.07) is 14.0. The van der Waals surface area contributed by atoms with Gasteiger partial charge in [-0.3, -0.25) is 4.79 Å². The first kappa shape index (κ1) is 18.8. The molecule has 0 aliphatic heterocycles. The second kappa shape index (κ2) is 9.07. The van der Waals surface area contributed by atoms with Gasteiger partial charge in [0.1, 0.15) is 24.0 Å². The average molecular weight is 418 g/mol. The van der Waals surface area contributed by atoms with Crippen molar-refractivity contribution in [2.24, 2.45) is 0 Å². The van der Waals surface area contributed by atoms with Gasteiger partial charge in [0.2, 0.25) is 0 Å². The van der Waals surface area contributed by atoms with Crippen molar-refractivity contribution < 1.29 is 9.53 Å². The summed E-state index contributed by atoms with van der Waals surface area (Å²) < 4.78 is 6.36. The highest BCUT2D eigenvalue weighted by Crippen LogP contribution is 2.26. The van der Waals surface area contributed by atoms with E-state index in [1.165, 1.54) is 6.08 Å². The number of halogens is 2. The molecule has 0 saturated heterocycles. The van der Waals surface area contributed by atoms with Gasteiger partial charge in [-0.1, -0.05) is 52.3 Å². The van der Waals surface area contributed by atoms with Gasteiger partial charge in [0.05, 0.1) is 10.7 Å². The molecule has 0 atom stereocenters. The molecule has 2 aromatic carbocycles. The molecule has 0 bridgehead atoms. The van der Waals surface area contributed by atoms with E-state index < -0.39 is 5.91 Å². The number of carbonyl (C=O) groups is 1. The molecule has 126 valence electrons. The molecule has 4 nitrogen and oxygen atoms in total. The number of nitrogens with one attached hydrogen (secondary N) is 1. The lowest BCUT2D eigenvalue weighted by atomic mass is 10.1. The fraction of sp³-hybridized carbons (Fsp3) is 0.0526. The number of para-hydroxylation sites is 1. The van der Waals surface area contributed by atoms with Crippen LogP contribution in [0.5, 0.6) is 5.75 Å². The van der Waals surface area contributed by atoms with Crippen LogP contribution in [0, 0.1) is 11.3 Å². The van der Waals surface area contributed by atoms with E-state index in [0.29, 0.717) is 28.6 Å². The second-order valence-electron chi connectivity index (χ2n) is 4.89. The van der Waals surface area contributed by atoms with Crippen LogP contribution in [0.15, 0.2) is 65.2 Å². The van der Waals surface area contributed by atoms with Gasteiger partial charge in [0.15, 0.2) is 0 Å². The summed E-state index contributed by atoms with van der Waals surface area (Å²) in [5.74, 6) is -0.00774. The molecule has 0 fully saturated rings. The number of hydrogen-bond acceptors (Lipinski definition) is 3. The third-order valence-corrected chi connectivity index (χ3v) is 3.94. The number of benzene rings is 2. The lowest BCUT2D eigenvalue weighted by molar-refractivity contribution is -0.112. The zero-order valence-corrected chi connectivity index (χ0v) is 15.5. The Labute approximate surface area is 159 Å². The van der Waals surface area contributed by atoms with Gasteiger partial charge in [-0.15, -0.1) is 0 Å². The highest BCUT2D eigenvalue weighted by Gasteiger charge is 2.13. The van der Waals surface area contributed by atoms with E-state index in [0.717, 1.165) is 4.47 Å². The first-order valence-corrected chi connectivity index (χ1v) is 8.43. The maximum Gasteiger partial charge on any atom is 0.266 e. The standard InChI is InChI=1S/C19H14BrClN2O2/c1-2-9-25-18-8-7-15(20)11-13(18)10-14(12-22)19(24)23-17-6-4-3-5-16(17)21/h2-8,10-11H,1,9H2,(H,23,24)/b14-10+. The Morgan fingerprint density at radius 1 is 1.36 bits per heavy atom. The summed E-state index contributed by atoms with van der Waals surface area (Å²) in [6.45, 7) is 3.92. The molecule has 2 rings (SSSR count). The Morgan fingerprint density at radius 3 is 2.80 bits per heavy atom. The largest absolute Gasteiger partial charge is 0.489 e. The van der Waals surface area contributed by atoms with Gasteiger partial charge in [-0.05, 0) is 36.4 Å². The number of rotatable bonds is 6. The first-order valence-electron chi connectivity index (χ1n) is 7.26. The van der Waals surface area contributed by atoms with Crippen LogP contribution in [0.3, 0.4) is 0 Å². The number of carbonyl (C=O) groups excluding carboxylic acids is 1. The van der Waals surface area contributed by atoms with E-state index >= 15 is 0 Å². The van der Waals surface area contributed by atoms with Crippen molar-refractivity contribution in [3.63, 3.8) is 0 Å². The third kappa shape index (κ3) is 5.21. The van der Waals surface area contributed by atoms with Crippen molar-refractivity contribution in [2.75, 3.05) is 11.9 Å². The van der Waals surface area contributed by atoms with Crippen LogP contribution in [0.4, 0.5) is 5.69 Å². The maximum atomic E-state index is 12.4. The fourth-order valence-electron chi connectivity index (χ4n) is 1.97. The minimum Gasteiger partial charge on any atom is -0.489 e. The summed E-state index contributed by atoms with van der Waals surface area (Å²) in [7, 11) is 0. The quantitative estimate of drug-likeness (QED) is 0.398. The van der Waals surface area contributed by atoms with E-state index in [1.54, 1.807) is 42.5 Å². The number of ether oxygens (including phenoxy) is 1. The number of nitrogens with zero attached hydrogens (tertiary/aromatic N) is 1. The summed E-state index contributed by atoms with van der Waals surface area (Å²) in [5.41, 5.74) is 0.969. The van der Waals surface area contributed by atoms with Crippen LogP contribution >= 0.6 is 27.5 Å². The molecule has 0 spiro atoms. The molecule has 1 N–H and O–H groups in total. The van der Waals surface area contributed by atoms with Crippen LogP contribution in [0.2, 0.25) is 5.02 Å². The molecule has 1 amide bonds. The molecule has 0 radical (unpaired) electrons. The highest BCUT2D eigenvalue weighted by atomic mass is 79.9. The summed E-state index contributed by atoms with van der Waals surface area (Å²) in [6.07, 6.45) is 3.08. The smallest absolute Gasteiger partial charge is 0.266 e. The molecule has 6 heteroatoms. The van der Waals surface area contributed by atoms with Gasteiger partial charge in [0, 0.05) is 10.0 Å². The molecule has 25 heavy (non-hydrogen) atoms. The van der Waals surface area contributed by atoms with Gasteiger partial charge in [-0.2, -0.15) is 5.26 Å². The topological polar surface area (TPSA) is 62.1 Å². The van der Waals surface area contributed by atoms with E-state index in [2.05, 4.69) is 27.8 Å². The summed E-state index contributed by atoms with van der Waals surface area (Å²) in [4.78, 5) is 12.4. The van der Waals surface area contributed by atoms with Crippen molar-refractivity contribution in [2.45, 2.75) is 0 Å². The Kier molecular flexibility index (Phi) is 6.81. The second-order valence-corrected chi connectivity index (χ2v) is 6.21. The zero-order chi connectivity index (χ0) is 18.2. The highest BCUT2D eigenvalue weighted by molar-refractivity contribution is 9.10. The molecule has 0 aromatic heterocycles. The van der Waals surface area contributed by atoms with Crippen LogP contribution in [0.25, 0.3) is 6.08 Å².